The quantitative estimate of drug-likeness (QED) is 0.910. The van der Waals surface area contributed by atoms with Gasteiger partial charge in [0.25, 0.3) is 0 Å². The number of carbonyl (C=O) groups is 1. The Morgan fingerprint density at radius 1 is 1.29 bits per heavy atom. The minimum atomic E-state index is -1.08. The first-order valence-electron chi connectivity index (χ1n) is 4.73. The molecule has 5 nitrogen and oxygen atoms in total. The van der Waals surface area contributed by atoms with Crippen molar-refractivity contribution < 1.29 is 9.90 Å². The van der Waals surface area contributed by atoms with Crippen molar-refractivity contribution in [3.05, 3.63) is 46.8 Å². The SMILES string of the molecule is O=C(O)c1cc(Nc2cccc(Br)c2)ncn1. The molecule has 17 heavy (non-hydrogen) atoms. The molecule has 0 saturated heterocycles. The van der Waals surface area contributed by atoms with Crippen LogP contribution in [0.15, 0.2) is 41.1 Å². The van der Waals surface area contributed by atoms with E-state index < -0.39 is 5.97 Å². The zero-order valence-electron chi connectivity index (χ0n) is 8.59. The maximum Gasteiger partial charge on any atom is 0.354 e. The summed E-state index contributed by atoms with van der Waals surface area (Å²) >= 11 is 3.35. The maximum atomic E-state index is 10.7. The van der Waals surface area contributed by atoms with E-state index in [0.717, 1.165) is 10.2 Å². The normalized spacial score (nSPS) is 9.94. The van der Waals surface area contributed by atoms with E-state index in [4.69, 9.17) is 5.11 Å². The smallest absolute Gasteiger partial charge is 0.354 e. The fourth-order valence-electron chi connectivity index (χ4n) is 1.26. The summed E-state index contributed by atoms with van der Waals surface area (Å²) in [5, 5.41) is 11.8. The first-order valence-corrected chi connectivity index (χ1v) is 5.52. The number of carboxylic acid groups (broad SMARTS) is 1. The third-order valence-electron chi connectivity index (χ3n) is 1.98. The Bertz CT molecular complexity index is 560. The molecule has 6 heteroatoms. The Morgan fingerprint density at radius 2 is 2.12 bits per heavy atom. The van der Waals surface area contributed by atoms with Crippen molar-refractivity contribution in [2.24, 2.45) is 0 Å². The second-order valence-corrected chi connectivity index (χ2v) is 4.14. The molecule has 0 aliphatic rings. The third kappa shape index (κ3) is 3.01. The van der Waals surface area contributed by atoms with Gasteiger partial charge in [-0.05, 0) is 18.2 Å². The van der Waals surface area contributed by atoms with Gasteiger partial charge in [0.2, 0.25) is 0 Å². The summed E-state index contributed by atoms with van der Waals surface area (Å²) in [5.41, 5.74) is 0.770. The van der Waals surface area contributed by atoms with Crippen LogP contribution in [0.4, 0.5) is 11.5 Å². The fraction of sp³-hybridized carbons (Fsp3) is 0. The predicted octanol–water partition coefficient (Wildman–Crippen LogP) is 2.68. The summed E-state index contributed by atoms with van der Waals surface area (Å²) in [6.45, 7) is 0. The summed E-state index contributed by atoms with van der Waals surface area (Å²) in [7, 11) is 0. The van der Waals surface area contributed by atoms with Gasteiger partial charge in [0.15, 0.2) is 5.69 Å². The lowest BCUT2D eigenvalue weighted by atomic mass is 10.3. The molecule has 2 N–H and O–H groups in total. The number of benzene rings is 1. The van der Waals surface area contributed by atoms with Crippen LogP contribution in [0.1, 0.15) is 10.5 Å². The molecule has 86 valence electrons. The van der Waals surface area contributed by atoms with Gasteiger partial charge in [0.1, 0.15) is 12.1 Å². The molecule has 0 amide bonds. The van der Waals surface area contributed by atoms with Crippen molar-refractivity contribution in [3.63, 3.8) is 0 Å². The first-order chi connectivity index (χ1) is 8.15. The van der Waals surface area contributed by atoms with Gasteiger partial charge in [0.05, 0.1) is 0 Å². The Labute approximate surface area is 106 Å². The first kappa shape index (κ1) is 11.5. The van der Waals surface area contributed by atoms with E-state index in [1.165, 1.54) is 12.4 Å². The van der Waals surface area contributed by atoms with Gasteiger partial charge < -0.3 is 10.4 Å². The summed E-state index contributed by atoms with van der Waals surface area (Å²) < 4.78 is 0.926. The molecule has 1 aromatic carbocycles. The van der Waals surface area contributed by atoms with Crippen molar-refractivity contribution >= 4 is 33.4 Å². The molecule has 2 aromatic rings. The molecule has 0 aliphatic carbocycles. The molecule has 0 spiro atoms. The lowest BCUT2D eigenvalue weighted by Crippen LogP contribution is -2.02. The van der Waals surface area contributed by atoms with Gasteiger partial charge in [-0.1, -0.05) is 22.0 Å². The Morgan fingerprint density at radius 3 is 2.82 bits per heavy atom. The van der Waals surface area contributed by atoms with Crippen LogP contribution in [0.2, 0.25) is 0 Å². The van der Waals surface area contributed by atoms with E-state index in [-0.39, 0.29) is 5.69 Å². The molecule has 0 aliphatic heterocycles. The molecular weight excluding hydrogens is 286 g/mol. The zero-order valence-corrected chi connectivity index (χ0v) is 10.2. The number of aromatic carboxylic acids is 1. The lowest BCUT2D eigenvalue weighted by Gasteiger charge is -2.05. The number of carboxylic acids is 1. The van der Waals surface area contributed by atoms with E-state index in [0.29, 0.717) is 5.82 Å². The molecule has 0 bridgehead atoms. The topological polar surface area (TPSA) is 75.1 Å². The van der Waals surface area contributed by atoms with Gasteiger partial charge in [0, 0.05) is 16.2 Å². The van der Waals surface area contributed by atoms with Crippen LogP contribution in [-0.2, 0) is 0 Å². The second kappa shape index (κ2) is 4.92. The highest BCUT2D eigenvalue weighted by Crippen LogP contribution is 2.19. The highest BCUT2D eigenvalue weighted by atomic mass is 79.9. The summed E-state index contributed by atoms with van der Waals surface area (Å²) in [6, 6.07) is 8.86. The standard InChI is InChI=1S/C11H8BrN3O2/c12-7-2-1-3-8(4-7)15-10-5-9(11(16)17)13-6-14-10/h1-6H,(H,16,17)(H,13,14,15). The molecule has 1 aromatic heterocycles. The highest BCUT2D eigenvalue weighted by Gasteiger charge is 2.06. The van der Waals surface area contributed by atoms with Crippen LogP contribution in [0, 0.1) is 0 Å². The molecule has 0 atom stereocenters. The van der Waals surface area contributed by atoms with Gasteiger partial charge in [-0.15, -0.1) is 0 Å². The van der Waals surface area contributed by atoms with E-state index in [1.54, 1.807) is 0 Å². The van der Waals surface area contributed by atoms with Crippen LogP contribution in [0.3, 0.4) is 0 Å². The zero-order chi connectivity index (χ0) is 12.3. The summed E-state index contributed by atoms with van der Waals surface area (Å²) in [6.07, 6.45) is 1.21. The summed E-state index contributed by atoms with van der Waals surface area (Å²) in [5.74, 6) is -0.639. The number of hydrogen-bond donors (Lipinski definition) is 2. The summed E-state index contributed by atoms with van der Waals surface area (Å²) in [4.78, 5) is 18.3. The minimum Gasteiger partial charge on any atom is -0.477 e. The molecule has 2 rings (SSSR count). The van der Waals surface area contributed by atoms with Gasteiger partial charge in [-0.25, -0.2) is 14.8 Å². The average Bonchev–Trinajstić information content (AvgIpc) is 2.29. The van der Waals surface area contributed by atoms with E-state index in [2.05, 4.69) is 31.2 Å². The number of aromatic nitrogens is 2. The number of nitrogens with zero attached hydrogens (tertiary/aromatic N) is 2. The molecular formula is C11H8BrN3O2. The van der Waals surface area contributed by atoms with Crippen molar-refractivity contribution in [1.29, 1.82) is 0 Å². The predicted molar refractivity (Wildman–Crippen MR) is 66.4 cm³/mol. The molecule has 1 heterocycles. The number of rotatable bonds is 3. The average molecular weight is 294 g/mol. The maximum absolute atomic E-state index is 10.7. The lowest BCUT2D eigenvalue weighted by molar-refractivity contribution is 0.0690. The van der Waals surface area contributed by atoms with E-state index in [9.17, 15) is 4.79 Å². The van der Waals surface area contributed by atoms with Crippen LogP contribution >= 0.6 is 15.9 Å². The Hall–Kier alpha value is -1.95. The van der Waals surface area contributed by atoms with Crippen molar-refractivity contribution in [1.82, 2.24) is 9.97 Å². The van der Waals surface area contributed by atoms with Crippen LogP contribution in [0.5, 0.6) is 0 Å². The number of hydrogen-bond acceptors (Lipinski definition) is 4. The molecule has 0 fully saturated rings. The largest absolute Gasteiger partial charge is 0.477 e. The van der Waals surface area contributed by atoms with Crippen LogP contribution in [-0.4, -0.2) is 21.0 Å². The number of halogens is 1. The van der Waals surface area contributed by atoms with Gasteiger partial charge in [-0.3, -0.25) is 0 Å². The van der Waals surface area contributed by atoms with Gasteiger partial charge >= 0.3 is 5.97 Å². The molecule has 0 radical (unpaired) electrons. The Kier molecular flexibility index (Phi) is 3.34. The Balaban J connectivity index is 2.24. The molecule has 0 saturated carbocycles. The van der Waals surface area contributed by atoms with Crippen molar-refractivity contribution in [2.45, 2.75) is 0 Å². The highest BCUT2D eigenvalue weighted by molar-refractivity contribution is 9.10. The fourth-order valence-corrected chi connectivity index (χ4v) is 1.66. The van der Waals surface area contributed by atoms with Crippen LogP contribution < -0.4 is 5.32 Å². The van der Waals surface area contributed by atoms with Crippen molar-refractivity contribution in [3.8, 4) is 0 Å². The van der Waals surface area contributed by atoms with Crippen molar-refractivity contribution in [2.75, 3.05) is 5.32 Å². The van der Waals surface area contributed by atoms with Crippen LogP contribution in [0.25, 0.3) is 0 Å². The van der Waals surface area contributed by atoms with Gasteiger partial charge in [-0.2, -0.15) is 0 Å². The molecule has 0 unspecified atom stereocenters. The monoisotopic (exact) mass is 293 g/mol. The van der Waals surface area contributed by atoms with E-state index >= 15 is 0 Å². The number of nitrogens with one attached hydrogen (secondary N) is 1. The number of anilines is 2. The minimum absolute atomic E-state index is 0.0440. The second-order valence-electron chi connectivity index (χ2n) is 3.23. The third-order valence-corrected chi connectivity index (χ3v) is 2.48. The van der Waals surface area contributed by atoms with E-state index in [1.807, 2.05) is 24.3 Å².